The Morgan fingerprint density at radius 1 is 1.27 bits per heavy atom. The predicted octanol–water partition coefficient (Wildman–Crippen LogP) is 2.95. The average Bonchev–Trinajstić information content (AvgIpc) is 2.62. The fraction of sp³-hybridized carbons (Fsp3) is 0.462. The van der Waals surface area contributed by atoms with E-state index in [0.717, 1.165) is 12.0 Å². The molecule has 15 heavy (non-hydrogen) atoms. The summed E-state index contributed by atoms with van der Waals surface area (Å²) in [5.74, 6) is 0.389. The van der Waals surface area contributed by atoms with Gasteiger partial charge in [-0.2, -0.15) is 0 Å². The smallest absolute Gasteiger partial charge is 0.309 e. The van der Waals surface area contributed by atoms with Gasteiger partial charge < -0.3 is 4.74 Å². The van der Waals surface area contributed by atoms with E-state index in [0.29, 0.717) is 5.92 Å². The van der Waals surface area contributed by atoms with Crippen LogP contribution in [0.1, 0.15) is 31.9 Å². The first kappa shape index (κ1) is 10.2. The maximum atomic E-state index is 11.6. The summed E-state index contributed by atoms with van der Waals surface area (Å²) < 4.78 is 5.38. The molecule has 0 bridgehead atoms. The molecule has 1 heterocycles. The molecule has 80 valence electrons. The quantitative estimate of drug-likeness (QED) is 0.692. The van der Waals surface area contributed by atoms with Crippen molar-refractivity contribution in [2.24, 2.45) is 11.8 Å². The molecule has 2 atom stereocenters. The van der Waals surface area contributed by atoms with Crippen LogP contribution in [0.25, 0.3) is 0 Å². The second-order valence-corrected chi connectivity index (χ2v) is 4.42. The van der Waals surface area contributed by atoms with Crippen molar-refractivity contribution in [3.05, 3.63) is 35.9 Å². The Morgan fingerprint density at radius 3 is 2.47 bits per heavy atom. The largest absolute Gasteiger partial charge is 0.457 e. The van der Waals surface area contributed by atoms with Crippen molar-refractivity contribution in [3.8, 4) is 0 Å². The number of carbonyl (C=O) groups is 1. The summed E-state index contributed by atoms with van der Waals surface area (Å²) in [6, 6.07) is 9.96. The van der Waals surface area contributed by atoms with E-state index in [4.69, 9.17) is 4.74 Å². The highest BCUT2D eigenvalue weighted by Crippen LogP contribution is 2.36. The number of hydrogen-bond donors (Lipinski definition) is 0. The van der Waals surface area contributed by atoms with E-state index in [1.807, 2.05) is 30.3 Å². The lowest BCUT2D eigenvalue weighted by Gasteiger charge is -2.09. The van der Waals surface area contributed by atoms with Crippen molar-refractivity contribution in [2.45, 2.75) is 26.4 Å². The molecule has 0 aromatic heterocycles. The number of hydrogen-bond acceptors (Lipinski definition) is 2. The lowest BCUT2D eigenvalue weighted by molar-refractivity contribution is -0.145. The van der Waals surface area contributed by atoms with E-state index < -0.39 is 0 Å². The number of ether oxygens (including phenoxy) is 1. The van der Waals surface area contributed by atoms with Crippen molar-refractivity contribution in [1.82, 2.24) is 0 Å². The van der Waals surface area contributed by atoms with Crippen LogP contribution in [0.2, 0.25) is 0 Å². The Kier molecular flexibility index (Phi) is 2.76. The summed E-state index contributed by atoms with van der Waals surface area (Å²) >= 11 is 0. The molecule has 0 spiro atoms. The maximum Gasteiger partial charge on any atom is 0.309 e. The lowest BCUT2D eigenvalue weighted by atomic mass is 9.91. The minimum absolute atomic E-state index is 0.0360. The molecule has 1 aromatic carbocycles. The molecule has 2 nitrogen and oxygen atoms in total. The molecule has 1 aliphatic rings. The van der Waals surface area contributed by atoms with Crippen LogP contribution in [0.5, 0.6) is 0 Å². The van der Waals surface area contributed by atoms with Gasteiger partial charge in [-0.05, 0) is 11.5 Å². The Balaban J connectivity index is 2.13. The van der Waals surface area contributed by atoms with Gasteiger partial charge in [-0.1, -0.05) is 44.2 Å². The molecule has 2 unspecified atom stereocenters. The van der Waals surface area contributed by atoms with Gasteiger partial charge >= 0.3 is 5.97 Å². The van der Waals surface area contributed by atoms with Crippen LogP contribution in [-0.2, 0) is 9.53 Å². The SMILES string of the molecule is CC(C)C1CC(c2ccccc2)OC1=O. The van der Waals surface area contributed by atoms with E-state index >= 15 is 0 Å². The molecule has 1 fully saturated rings. The molecular weight excluding hydrogens is 188 g/mol. The second-order valence-electron chi connectivity index (χ2n) is 4.42. The Bertz CT molecular complexity index is 343. The van der Waals surface area contributed by atoms with E-state index in [2.05, 4.69) is 13.8 Å². The third-order valence-electron chi connectivity index (χ3n) is 3.01. The van der Waals surface area contributed by atoms with Crippen LogP contribution in [0, 0.1) is 11.8 Å². The van der Waals surface area contributed by atoms with Crippen molar-refractivity contribution in [1.29, 1.82) is 0 Å². The summed E-state index contributed by atoms with van der Waals surface area (Å²) in [7, 11) is 0. The fourth-order valence-electron chi connectivity index (χ4n) is 2.02. The normalized spacial score (nSPS) is 25.7. The zero-order chi connectivity index (χ0) is 10.8. The van der Waals surface area contributed by atoms with Crippen LogP contribution in [0.4, 0.5) is 0 Å². The van der Waals surface area contributed by atoms with E-state index in [-0.39, 0.29) is 18.0 Å². The Labute approximate surface area is 90.3 Å². The summed E-state index contributed by atoms with van der Waals surface area (Å²) in [5.41, 5.74) is 1.11. The van der Waals surface area contributed by atoms with Crippen molar-refractivity contribution < 1.29 is 9.53 Å². The highest BCUT2D eigenvalue weighted by Gasteiger charge is 2.36. The predicted molar refractivity (Wildman–Crippen MR) is 58.2 cm³/mol. The molecule has 0 amide bonds. The highest BCUT2D eigenvalue weighted by atomic mass is 16.6. The monoisotopic (exact) mass is 204 g/mol. The van der Waals surface area contributed by atoms with Crippen LogP contribution in [0.3, 0.4) is 0 Å². The zero-order valence-electron chi connectivity index (χ0n) is 9.14. The maximum absolute atomic E-state index is 11.6. The van der Waals surface area contributed by atoms with Crippen molar-refractivity contribution in [2.75, 3.05) is 0 Å². The van der Waals surface area contributed by atoms with Gasteiger partial charge in [0, 0.05) is 6.42 Å². The molecule has 2 heteroatoms. The van der Waals surface area contributed by atoms with Gasteiger partial charge in [0.15, 0.2) is 0 Å². The Morgan fingerprint density at radius 2 is 1.93 bits per heavy atom. The molecule has 1 saturated heterocycles. The third-order valence-corrected chi connectivity index (χ3v) is 3.01. The molecule has 0 saturated carbocycles. The van der Waals surface area contributed by atoms with Crippen molar-refractivity contribution >= 4 is 5.97 Å². The van der Waals surface area contributed by atoms with E-state index in [1.165, 1.54) is 0 Å². The van der Waals surface area contributed by atoms with E-state index in [1.54, 1.807) is 0 Å². The van der Waals surface area contributed by atoms with Crippen LogP contribution in [0.15, 0.2) is 30.3 Å². The Hall–Kier alpha value is -1.31. The van der Waals surface area contributed by atoms with Gasteiger partial charge in [0.05, 0.1) is 5.92 Å². The van der Waals surface area contributed by atoms with Gasteiger partial charge in [0.25, 0.3) is 0 Å². The van der Waals surface area contributed by atoms with Crippen LogP contribution < -0.4 is 0 Å². The zero-order valence-corrected chi connectivity index (χ0v) is 9.14. The average molecular weight is 204 g/mol. The third kappa shape index (κ3) is 2.04. The minimum atomic E-state index is -0.0427. The molecule has 2 rings (SSSR count). The fourth-order valence-corrected chi connectivity index (χ4v) is 2.02. The summed E-state index contributed by atoms with van der Waals surface area (Å²) in [5, 5.41) is 0. The topological polar surface area (TPSA) is 26.3 Å². The first-order valence-corrected chi connectivity index (χ1v) is 5.44. The first-order valence-electron chi connectivity index (χ1n) is 5.44. The van der Waals surface area contributed by atoms with Gasteiger partial charge in [-0.15, -0.1) is 0 Å². The number of carbonyl (C=O) groups excluding carboxylic acids is 1. The standard InChI is InChI=1S/C13H16O2/c1-9(2)11-8-12(15-13(11)14)10-6-4-3-5-7-10/h3-7,9,11-12H,8H2,1-2H3. The van der Waals surface area contributed by atoms with Crippen molar-refractivity contribution in [3.63, 3.8) is 0 Å². The van der Waals surface area contributed by atoms with Gasteiger partial charge in [0.1, 0.15) is 6.10 Å². The molecule has 0 aliphatic carbocycles. The summed E-state index contributed by atoms with van der Waals surface area (Å²) in [6.07, 6.45) is 0.784. The number of esters is 1. The highest BCUT2D eigenvalue weighted by molar-refractivity contribution is 5.75. The molecule has 0 N–H and O–H groups in total. The summed E-state index contributed by atoms with van der Waals surface area (Å²) in [6.45, 7) is 4.14. The first-order chi connectivity index (χ1) is 7.18. The number of rotatable bonds is 2. The summed E-state index contributed by atoms with van der Waals surface area (Å²) in [4.78, 5) is 11.6. The van der Waals surface area contributed by atoms with Crippen LogP contribution >= 0.6 is 0 Å². The molecule has 1 aromatic rings. The van der Waals surface area contributed by atoms with Gasteiger partial charge in [-0.25, -0.2) is 0 Å². The number of cyclic esters (lactones) is 1. The minimum Gasteiger partial charge on any atom is -0.457 e. The van der Waals surface area contributed by atoms with E-state index in [9.17, 15) is 4.79 Å². The van der Waals surface area contributed by atoms with Gasteiger partial charge in [0.2, 0.25) is 0 Å². The lowest BCUT2D eigenvalue weighted by Crippen LogP contribution is -2.13. The van der Waals surface area contributed by atoms with Crippen LogP contribution in [-0.4, -0.2) is 5.97 Å². The van der Waals surface area contributed by atoms with Gasteiger partial charge in [-0.3, -0.25) is 4.79 Å². The number of benzene rings is 1. The molecular formula is C13H16O2. The molecule has 0 radical (unpaired) electrons. The second kappa shape index (κ2) is 4.05. The molecule has 1 aliphatic heterocycles.